The zero-order valence-corrected chi connectivity index (χ0v) is 14.1. The number of benzene rings is 1. The monoisotopic (exact) mass is 338 g/mol. The van der Waals surface area contributed by atoms with Crippen LogP contribution in [-0.2, 0) is 9.59 Å². The van der Waals surface area contributed by atoms with Crippen molar-refractivity contribution in [3.8, 4) is 0 Å². The van der Waals surface area contributed by atoms with Crippen LogP contribution in [0.15, 0.2) is 53.1 Å². The molecule has 1 N–H and O–H groups in total. The highest BCUT2D eigenvalue weighted by atomic mass is 16.3. The third kappa shape index (κ3) is 3.60. The van der Waals surface area contributed by atoms with Crippen LogP contribution in [0.2, 0.25) is 0 Å². The zero-order chi connectivity index (χ0) is 17.2. The van der Waals surface area contributed by atoms with E-state index in [9.17, 15) is 9.59 Å². The van der Waals surface area contributed by atoms with E-state index in [2.05, 4.69) is 5.32 Å². The van der Waals surface area contributed by atoms with E-state index >= 15 is 0 Å². The van der Waals surface area contributed by atoms with Gasteiger partial charge in [0.1, 0.15) is 11.8 Å². The molecular weight excluding hydrogens is 316 g/mol. The average Bonchev–Trinajstić information content (AvgIpc) is 3.13. The molecule has 2 fully saturated rings. The average molecular weight is 338 g/mol. The number of nitrogens with one attached hydrogen (secondary N) is 1. The molecule has 0 radical (unpaired) electrons. The van der Waals surface area contributed by atoms with Gasteiger partial charge in [-0.1, -0.05) is 30.3 Å². The number of nitrogens with zero attached hydrogens (tertiary/aromatic N) is 1. The van der Waals surface area contributed by atoms with Crippen LogP contribution < -0.4 is 5.32 Å². The highest BCUT2D eigenvalue weighted by Gasteiger charge is 2.38. The predicted octanol–water partition coefficient (Wildman–Crippen LogP) is 2.74. The number of carbonyl (C=O) groups excluding carboxylic acids is 2. The topological polar surface area (TPSA) is 62.6 Å². The Morgan fingerprint density at radius 3 is 2.68 bits per heavy atom. The van der Waals surface area contributed by atoms with Crippen molar-refractivity contribution >= 4 is 11.8 Å². The Morgan fingerprint density at radius 1 is 1.20 bits per heavy atom. The summed E-state index contributed by atoms with van der Waals surface area (Å²) in [5.41, 5.74) is 0.963. The van der Waals surface area contributed by atoms with Gasteiger partial charge in [0, 0.05) is 19.5 Å². The molecule has 5 nitrogen and oxygen atoms in total. The van der Waals surface area contributed by atoms with Crippen molar-refractivity contribution in [2.45, 2.75) is 25.3 Å². The van der Waals surface area contributed by atoms with Gasteiger partial charge in [0.2, 0.25) is 11.8 Å². The molecule has 1 aliphatic carbocycles. The molecule has 130 valence electrons. The summed E-state index contributed by atoms with van der Waals surface area (Å²) in [6, 6.07) is 13.1. The molecule has 2 aliphatic rings. The van der Waals surface area contributed by atoms with Crippen LogP contribution in [-0.4, -0.2) is 29.8 Å². The fourth-order valence-corrected chi connectivity index (χ4v) is 3.42. The van der Waals surface area contributed by atoms with Crippen LogP contribution in [0.25, 0.3) is 0 Å². The second-order valence-corrected chi connectivity index (χ2v) is 7.01. The molecule has 2 amide bonds. The lowest BCUT2D eigenvalue weighted by Crippen LogP contribution is -2.36. The Balaban J connectivity index is 1.46. The summed E-state index contributed by atoms with van der Waals surface area (Å²) in [6.45, 7) is 1.34. The van der Waals surface area contributed by atoms with Crippen molar-refractivity contribution in [2.75, 3.05) is 13.1 Å². The number of amides is 2. The van der Waals surface area contributed by atoms with E-state index < -0.39 is 0 Å². The lowest BCUT2D eigenvalue weighted by Gasteiger charge is -2.20. The Kier molecular flexibility index (Phi) is 4.30. The third-order valence-electron chi connectivity index (χ3n) is 5.01. The molecule has 1 aromatic heterocycles. The van der Waals surface area contributed by atoms with Crippen molar-refractivity contribution < 1.29 is 14.0 Å². The number of hydrogen-bond donors (Lipinski definition) is 1. The third-order valence-corrected chi connectivity index (χ3v) is 5.01. The number of carbonyl (C=O) groups is 2. The first-order valence-electron chi connectivity index (χ1n) is 8.87. The molecule has 1 saturated carbocycles. The van der Waals surface area contributed by atoms with Crippen molar-refractivity contribution in [3.05, 3.63) is 60.1 Å². The molecule has 5 heteroatoms. The lowest BCUT2D eigenvalue weighted by molar-refractivity contribution is -0.129. The van der Waals surface area contributed by atoms with E-state index in [1.807, 2.05) is 47.4 Å². The summed E-state index contributed by atoms with van der Waals surface area (Å²) >= 11 is 0. The first kappa shape index (κ1) is 15.9. The molecule has 25 heavy (non-hydrogen) atoms. The maximum absolute atomic E-state index is 12.8. The molecular formula is C20H22N2O3. The number of furan rings is 1. The number of likely N-dealkylation sites (tertiary alicyclic amines) is 1. The fraction of sp³-hybridized carbons (Fsp3) is 0.400. The molecule has 2 atom stereocenters. The molecule has 2 unspecified atom stereocenters. The second-order valence-electron chi connectivity index (χ2n) is 7.01. The van der Waals surface area contributed by atoms with E-state index in [0.29, 0.717) is 24.6 Å². The highest BCUT2D eigenvalue weighted by Crippen LogP contribution is 2.32. The SMILES string of the molecule is O=C(NC(c1ccccc1)c1ccco1)C1CC(=O)N(CC2CC2)C1. The van der Waals surface area contributed by atoms with E-state index in [1.54, 1.807) is 6.26 Å². The van der Waals surface area contributed by atoms with E-state index in [-0.39, 0.29) is 23.8 Å². The Bertz CT molecular complexity index is 738. The van der Waals surface area contributed by atoms with Gasteiger partial charge in [-0.15, -0.1) is 0 Å². The quantitative estimate of drug-likeness (QED) is 0.881. The van der Waals surface area contributed by atoms with Crippen molar-refractivity contribution in [2.24, 2.45) is 11.8 Å². The Labute approximate surface area is 147 Å². The molecule has 2 heterocycles. The van der Waals surface area contributed by atoms with Gasteiger partial charge in [-0.2, -0.15) is 0 Å². The molecule has 1 aromatic carbocycles. The Morgan fingerprint density at radius 2 is 2.00 bits per heavy atom. The van der Waals surface area contributed by atoms with Crippen molar-refractivity contribution in [3.63, 3.8) is 0 Å². The highest BCUT2D eigenvalue weighted by molar-refractivity contribution is 5.89. The van der Waals surface area contributed by atoms with E-state index in [0.717, 1.165) is 12.1 Å². The van der Waals surface area contributed by atoms with Crippen LogP contribution in [0.3, 0.4) is 0 Å². The minimum atomic E-state index is -0.337. The zero-order valence-electron chi connectivity index (χ0n) is 14.1. The maximum atomic E-state index is 12.8. The van der Waals surface area contributed by atoms with Crippen molar-refractivity contribution in [1.82, 2.24) is 10.2 Å². The van der Waals surface area contributed by atoms with Gasteiger partial charge in [-0.05, 0) is 36.5 Å². The minimum Gasteiger partial charge on any atom is -0.467 e. The van der Waals surface area contributed by atoms with Gasteiger partial charge in [-0.25, -0.2) is 0 Å². The maximum Gasteiger partial charge on any atom is 0.226 e. The summed E-state index contributed by atoms with van der Waals surface area (Å²) < 4.78 is 5.52. The summed E-state index contributed by atoms with van der Waals surface area (Å²) in [7, 11) is 0. The van der Waals surface area contributed by atoms with Gasteiger partial charge in [0.15, 0.2) is 0 Å². The van der Waals surface area contributed by atoms with Crippen LogP contribution in [0.1, 0.15) is 36.6 Å². The van der Waals surface area contributed by atoms with Gasteiger partial charge >= 0.3 is 0 Å². The molecule has 2 aromatic rings. The minimum absolute atomic E-state index is 0.0862. The van der Waals surface area contributed by atoms with Crippen molar-refractivity contribution in [1.29, 1.82) is 0 Å². The lowest BCUT2D eigenvalue weighted by atomic mass is 10.0. The van der Waals surface area contributed by atoms with Crippen LogP contribution in [0.5, 0.6) is 0 Å². The predicted molar refractivity (Wildman–Crippen MR) is 92.5 cm³/mol. The number of rotatable bonds is 6. The summed E-state index contributed by atoms with van der Waals surface area (Å²) in [5.74, 6) is 1.07. The first-order valence-corrected chi connectivity index (χ1v) is 8.87. The number of hydrogen-bond acceptors (Lipinski definition) is 3. The van der Waals surface area contributed by atoms with E-state index in [1.165, 1.54) is 12.8 Å². The molecule has 1 saturated heterocycles. The summed E-state index contributed by atoms with van der Waals surface area (Å²) in [4.78, 5) is 26.8. The van der Waals surface area contributed by atoms with Gasteiger partial charge in [-0.3, -0.25) is 9.59 Å². The van der Waals surface area contributed by atoms with Gasteiger partial charge in [0.05, 0.1) is 12.2 Å². The van der Waals surface area contributed by atoms with Crippen LogP contribution in [0.4, 0.5) is 0 Å². The van der Waals surface area contributed by atoms with E-state index in [4.69, 9.17) is 4.42 Å². The van der Waals surface area contributed by atoms with Crippen LogP contribution >= 0.6 is 0 Å². The smallest absolute Gasteiger partial charge is 0.226 e. The first-order chi connectivity index (χ1) is 12.2. The fourth-order valence-electron chi connectivity index (χ4n) is 3.42. The Hall–Kier alpha value is -2.56. The molecule has 0 bridgehead atoms. The normalized spacial score (nSPS) is 21.4. The summed E-state index contributed by atoms with van der Waals surface area (Å²) in [5, 5.41) is 3.08. The molecule has 1 aliphatic heterocycles. The van der Waals surface area contributed by atoms with Crippen LogP contribution in [0, 0.1) is 11.8 Å². The molecule has 0 spiro atoms. The second kappa shape index (κ2) is 6.75. The molecule has 4 rings (SSSR count). The van der Waals surface area contributed by atoms with Gasteiger partial charge < -0.3 is 14.6 Å². The largest absolute Gasteiger partial charge is 0.467 e. The van der Waals surface area contributed by atoms with Gasteiger partial charge in [0.25, 0.3) is 0 Å². The standard InChI is InChI=1S/C20H22N2O3/c23-18-11-16(13-22(18)12-14-8-9-14)20(24)21-19(17-7-4-10-25-17)15-5-2-1-3-6-15/h1-7,10,14,16,19H,8-9,11-13H2,(H,21,24). The summed E-state index contributed by atoms with van der Waals surface area (Å²) in [6.07, 6.45) is 4.32.